The van der Waals surface area contributed by atoms with Gasteiger partial charge < -0.3 is 14.2 Å². The van der Waals surface area contributed by atoms with Crippen molar-refractivity contribution in [1.82, 2.24) is 9.47 Å². The van der Waals surface area contributed by atoms with Gasteiger partial charge in [0.05, 0.1) is 17.1 Å². The summed E-state index contributed by atoms with van der Waals surface area (Å²) in [4.78, 5) is 27.5. The van der Waals surface area contributed by atoms with Crippen LogP contribution in [-0.4, -0.2) is 60.0 Å². The van der Waals surface area contributed by atoms with Crippen LogP contribution in [0.4, 0.5) is 0 Å². The van der Waals surface area contributed by atoms with Crippen molar-refractivity contribution in [2.75, 3.05) is 18.1 Å². The van der Waals surface area contributed by atoms with Crippen molar-refractivity contribution in [3.63, 3.8) is 0 Å². The number of ether oxygens (including phenoxy) is 1. The zero-order valence-corrected chi connectivity index (χ0v) is 18.7. The molecule has 2 aliphatic carbocycles. The molecule has 3 aliphatic rings. The number of aryl methyl sites for hydroxylation is 1. The second-order valence-electron chi connectivity index (χ2n) is 9.11. The van der Waals surface area contributed by atoms with Gasteiger partial charge in [0.15, 0.2) is 16.4 Å². The first-order valence-electron chi connectivity index (χ1n) is 11.1. The van der Waals surface area contributed by atoms with Crippen LogP contribution in [0.15, 0.2) is 6.07 Å². The molecule has 4 rings (SSSR count). The fourth-order valence-corrected chi connectivity index (χ4v) is 6.93. The lowest BCUT2D eigenvalue weighted by Crippen LogP contribution is -2.50. The van der Waals surface area contributed by atoms with E-state index in [-0.39, 0.29) is 36.1 Å². The van der Waals surface area contributed by atoms with Gasteiger partial charge >= 0.3 is 5.97 Å². The lowest BCUT2D eigenvalue weighted by molar-refractivity contribution is -0.140. The van der Waals surface area contributed by atoms with E-state index in [2.05, 4.69) is 4.57 Å². The zero-order valence-electron chi connectivity index (χ0n) is 17.9. The average Bonchev–Trinajstić information content (AvgIpc) is 3.41. The smallest absolute Gasteiger partial charge is 0.340 e. The van der Waals surface area contributed by atoms with E-state index in [0.29, 0.717) is 18.0 Å². The van der Waals surface area contributed by atoms with Crippen LogP contribution in [-0.2, 0) is 19.4 Å². The Labute approximate surface area is 178 Å². The Morgan fingerprint density at radius 2 is 1.77 bits per heavy atom. The van der Waals surface area contributed by atoms with Crippen LogP contribution in [0.1, 0.15) is 79.2 Å². The van der Waals surface area contributed by atoms with Crippen molar-refractivity contribution in [2.24, 2.45) is 0 Å². The first-order valence-corrected chi connectivity index (χ1v) is 13.0. The maximum atomic E-state index is 13.1. The Morgan fingerprint density at radius 3 is 2.37 bits per heavy atom. The van der Waals surface area contributed by atoms with Gasteiger partial charge in [0.1, 0.15) is 0 Å². The molecule has 0 spiro atoms. The fraction of sp³-hybridized carbons (Fsp3) is 0.727. The highest BCUT2D eigenvalue weighted by molar-refractivity contribution is 7.91. The molecule has 1 amide bonds. The molecule has 0 radical (unpaired) electrons. The molecule has 1 aromatic rings. The minimum absolute atomic E-state index is 0.0196. The van der Waals surface area contributed by atoms with E-state index >= 15 is 0 Å². The molecule has 2 saturated carbocycles. The number of hydrogen-bond acceptors (Lipinski definition) is 5. The molecule has 1 aliphatic heterocycles. The van der Waals surface area contributed by atoms with Crippen molar-refractivity contribution in [3.05, 3.63) is 23.0 Å². The van der Waals surface area contributed by atoms with Crippen LogP contribution in [0.2, 0.25) is 0 Å². The molecule has 1 aromatic heterocycles. The Kier molecular flexibility index (Phi) is 5.97. The predicted molar refractivity (Wildman–Crippen MR) is 113 cm³/mol. The Morgan fingerprint density at radius 1 is 1.07 bits per heavy atom. The molecule has 3 fully saturated rings. The number of carbonyl (C=O) groups is 2. The van der Waals surface area contributed by atoms with Crippen LogP contribution < -0.4 is 0 Å². The number of hydrogen-bond donors (Lipinski definition) is 0. The van der Waals surface area contributed by atoms with Crippen molar-refractivity contribution in [3.8, 4) is 0 Å². The number of sulfone groups is 1. The molecule has 30 heavy (non-hydrogen) atoms. The third-order valence-electron chi connectivity index (χ3n) is 6.80. The van der Waals surface area contributed by atoms with Crippen LogP contribution >= 0.6 is 0 Å². The highest BCUT2D eigenvalue weighted by Crippen LogP contribution is 2.38. The van der Waals surface area contributed by atoms with Crippen molar-refractivity contribution >= 4 is 21.7 Å². The molecule has 166 valence electrons. The van der Waals surface area contributed by atoms with Crippen molar-refractivity contribution in [1.29, 1.82) is 0 Å². The lowest BCUT2D eigenvalue weighted by Gasteiger charge is -2.38. The molecule has 0 bridgehead atoms. The van der Waals surface area contributed by atoms with Gasteiger partial charge in [0.2, 0.25) is 0 Å². The molecule has 1 unspecified atom stereocenters. The van der Waals surface area contributed by atoms with Crippen molar-refractivity contribution in [2.45, 2.75) is 83.3 Å². The third kappa shape index (κ3) is 4.43. The summed E-state index contributed by atoms with van der Waals surface area (Å²) in [7, 11) is -3.10. The Balaban J connectivity index is 1.44. The predicted octanol–water partition coefficient (Wildman–Crippen LogP) is 2.95. The van der Waals surface area contributed by atoms with Crippen LogP contribution in [0, 0.1) is 13.8 Å². The third-order valence-corrected chi connectivity index (χ3v) is 8.55. The van der Waals surface area contributed by atoms with Gasteiger partial charge in [-0.3, -0.25) is 4.79 Å². The molecule has 1 saturated heterocycles. The number of esters is 1. The van der Waals surface area contributed by atoms with Gasteiger partial charge in [0, 0.05) is 29.5 Å². The summed E-state index contributed by atoms with van der Waals surface area (Å²) in [6.07, 6.45) is 7.74. The summed E-state index contributed by atoms with van der Waals surface area (Å²) in [6.45, 7) is 3.57. The molecule has 0 N–H and O–H groups in total. The largest absolute Gasteiger partial charge is 0.452 e. The second kappa shape index (κ2) is 8.36. The highest BCUT2D eigenvalue weighted by Gasteiger charge is 2.39. The fourth-order valence-electron chi connectivity index (χ4n) is 5.22. The van der Waals surface area contributed by atoms with E-state index in [4.69, 9.17) is 4.74 Å². The minimum atomic E-state index is -3.10. The summed E-state index contributed by atoms with van der Waals surface area (Å²) < 4.78 is 31.6. The molecule has 1 atom stereocenters. The van der Waals surface area contributed by atoms with Crippen LogP contribution in [0.3, 0.4) is 0 Å². The number of nitrogens with zero attached hydrogens (tertiary/aromatic N) is 2. The number of carbonyl (C=O) groups excluding carboxylic acids is 2. The number of aromatic nitrogens is 1. The summed E-state index contributed by atoms with van der Waals surface area (Å²) in [5, 5.41) is 0. The molecule has 7 nitrogen and oxygen atoms in total. The molecular weight excluding hydrogens is 404 g/mol. The van der Waals surface area contributed by atoms with Gasteiger partial charge in [-0.2, -0.15) is 0 Å². The van der Waals surface area contributed by atoms with E-state index in [1.165, 1.54) is 0 Å². The SMILES string of the molecule is Cc1cc(C(=O)OCC(=O)N(C2CCCCC2)C2CCS(=O)(=O)C2)c(C)n1C1CC1. The van der Waals surface area contributed by atoms with Gasteiger partial charge in [-0.15, -0.1) is 0 Å². The van der Waals surface area contributed by atoms with E-state index in [9.17, 15) is 18.0 Å². The van der Waals surface area contributed by atoms with Gasteiger partial charge in [-0.25, -0.2) is 13.2 Å². The van der Waals surface area contributed by atoms with Gasteiger partial charge in [-0.05, 0) is 52.0 Å². The van der Waals surface area contributed by atoms with Gasteiger partial charge in [-0.1, -0.05) is 19.3 Å². The summed E-state index contributed by atoms with van der Waals surface area (Å²) >= 11 is 0. The van der Waals surface area contributed by atoms with E-state index in [1.54, 1.807) is 4.90 Å². The maximum absolute atomic E-state index is 13.1. The quantitative estimate of drug-likeness (QED) is 0.640. The molecule has 2 heterocycles. The second-order valence-corrected chi connectivity index (χ2v) is 11.3. The molecule has 8 heteroatoms. The molecule has 0 aromatic carbocycles. The van der Waals surface area contributed by atoms with E-state index in [0.717, 1.165) is 56.3 Å². The summed E-state index contributed by atoms with van der Waals surface area (Å²) in [5.74, 6) is -0.605. The van der Waals surface area contributed by atoms with Crippen LogP contribution in [0.25, 0.3) is 0 Å². The first kappa shape index (κ1) is 21.4. The first-order chi connectivity index (χ1) is 14.3. The summed E-state index contributed by atoms with van der Waals surface area (Å²) in [5.41, 5.74) is 2.44. The maximum Gasteiger partial charge on any atom is 0.340 e. The summed E-state index contributed by atoms with van der Waals surface area (Å²) in [6, 6.07) is 2.05. The standard InChI is InChI=1S/C22H32N2O5S/c1-15-12-20(16(2)23(15)18-8-9-18)22(26)29-13-21(25)24(17-6-4-3-5-7-17)19-10-11-30(27,28)14-19/h12,17-19H,3-11,13-14H2,1-2H3. The minimum Gasteiger partial charge on any atom is -0.452 e. The van der Waals surface area contributed by atoms with Gasteiger partial charge in [0.25, 0.3) is 5.91 Å². The number of rotatable bonds is 6. The van der Waals surface area contributed by atoms with Crippen LogP contribution in [0.5, 0.6) is 0 Å². The highest BCUT2D eigenvalue weighted by atomic mass is 32.2. The Hall–Kier alpha value is -1.83. The average molecular weight is 437 g/mol. The number of amides is 1. The van der Waals surface area contributed by atoms with E-state index in [1.807, 2.05) is 19.9 Å². The van der Waals surface area contributed by atoms with E-state index < -0.39 is 15.8 Å². The lowest BCUT2D eigenvalue weighted by atomic mass is 9.93. The zero-order chi connectivity index (χ0) is 21.5. The Bertz CT molecular complexity index is 926. The normalized spacial score (nSPS) is 24.0. The molecular formula is C22H32N2O5S. The van der Waals surface area contributed by atoms with Crippen molar-refractivity contribution < 1.29 is 22.7 Å². The monoisotopic (exact) mass is 436 g/mol. The topological polar surface area (TPSA) is 85.7 Å².